The van der Waals surface area contributed by atoms with Gasteiger partial charge in [0.15, 0.2) is 5.13 Å². The van der Waals surface area contributed by atoms with Gasteiger partial charge in [0.05, 0.1) is 17.7 Å². The van der Waals surface area contributed by atoms with Crippen molar-refractivity contribution < 1.29 is 14.3 Å². The Balaban J connectivity index is 1.55. The number of carbonyl (C=O) groups is 1. The normalized spacial score (nSPS) is 12.8. The molecule has 0 unspecified atom stereocenters. The summed E-state index contributed by atoms with van der Waals surface area (Å²) in [5.41, 5.74) is 3.55. The molecule has 144 valence electrons. The van der Waals surface area contributed by atoms with Crippen LogP contribution in [0.4, 0.5) is 5.13 Å². The first-order valence-corrected chi connectivity index (χ1v) is 10.1. The van der Waals surface area contributed by atoms with Crippen LogP contribution in [-0.4, -0.2) is 18.0 Å². The fourth-order valence-corrected chi connectivity index (χ4v) is 4.65. The minimum Gasteiger partial charge on any atom is -0.494 e. The van der Waals surface area contributed by atoms with Gasteiger partial charge in [-0.3, -0.25) is 4.79 Å². The number of nitrogens with one attached hydrogen (secondary N) is 1. The summed E-state index contributed by atoms with van der Waals surface area (Å²) in [6, 6.07) is 19.2. The Morgan fingerprint density at radius 3 is 2.34 bits per heavy atom. The molecule has 0 aliphatic carbocycles. The van der Waals surface area contributed by atoms with Crippen molar-refractivity contribution in [2.24, 2.45) is 0 Å². The van der Waals surface area contributed by atoms with Gasteiger partial charge in [-0.1, -0.05) is 53.8 Å². The van der Waals surface area contributed by atoms with E-state index in [9.17, 15) is 4.79 Å². The standard InChI is InChI=1S/C23H18N2O3S/c1-13-11-12-18(27-2)20-21(13)29-23(24-20)25-22(26)19-14-7-3-5-9-16(14)28-17-10-6-4-8-15(17)19/h3-12,19H,1-2H3,(H,24,25,26). The van der Waals surface area contributed by atoms with Crippen molar-refractivity contribution in [3.8, 4) is 17.2 Å². The summed E-state index contributed by atoms with van der Waals surface area (Å²) >= 11 is 1.45. The lowest BCUT2D eigenvalue weighted by Gasteiger charge is -2.27. The molecule has 0 saturated carbocycles. The molecule has 1 amide bonds. The zero-order chi connectivity index (χ0) is 20.0. The Morgan fingerprint density at radius 2 is 1.69 bits per heavy atom. The lowest BCUT2D eigenvalue weighted by atomic mass is 9.87. The molecule has 1 aliphatic heterocycles. The van der Waals surface area contributed by atoms with Crippen molar-refractivity contribution in [2.75, 3.05) is 12.4 Å². The Kier molecular flexibility index (Phi) is 4.21. The zero-order valence-electron chi connectivity index (χ0n) is 15.9. The molecule has 1 aromatic heterocycles. The van der Waals surface area contributed by atoms with E-state index in [1.54, 1.807) is 7.11 Å². The average molecular weight is 402 g/mol. The van der Waals surface area contributed by atoms with Crippen LogP contribution in [0.5, 0.6) is 17.2 Å². The summed E-state index contributed by atoms with van der Waals surface area (Å²) in [7, 11) is 1.62. The van der Waals surface area contributed by atoms with Crippen LogP contribution in [0.15, 0.2) is 60.7 Å². The molecule has 6 heteroatoms. The summed E-state index contributed by atoms with van der Waals surface area (Å²) in [5.74, 6) is 1.50. The van der Waals surface area contributed by atoms with E-state index in [0.29, 0.717) is 22.4 Å². The van der Waals surface area contributed by atoms with Gasteiger partial charge in [0, 0.05) is 11.1 Å². The zero-order valence-corrected chi connectivity index (χ0v) is 16.7. The maximum Gasteiger partial charge on any atom is 0.238 e. The number of methoxy groups -OCH3 is 1. The molecule has 2 heterocycles. The maximum atomic E-state index is 13.4. The molecule has 0 saturated heterocycles. The number of aromatic nitrogens is 1. The van der Waals surface area contributed by atoms with E-state index in [4.69, 9.17) is 9.47 Å². The molecule has 1 aliphatic rings. The van der Waals surface area contributed by atoms with Crippen molar-refractivity contribution >= 4 is 32.6 Å². The first kappa shape index (κ1) is 17.7. The number of benzene rings is 3. The number of para-hydroxylation sites is 2. The van der Waals surface area contributed by atoms with E-state index in [2.05, 4.69) is 10.3 Å². The first-order chi connectivity index (χ1) is 14.2. The van der Waals surface area contributed by atoms with Crippen LogP contribution in [0.2, 0.25) is 0 Å². The maximum absolute atomic E-state index is 13.4. The molecular weight excluding hydrogens is 384 g/mol. The predicted molar refractivity (Wildman–Crippen MR) is 114 cm³/mol. The topological polar surface area (TPSA) is 60.5 Å². The van der Waals surface area contributed by atoms with Gasteiger partial charge in [-0.15, -0.1) is 0 Å². The van der Waals surface area contributed by atoms with Crippen LogP contribution in [0.1, 0.15) is 22.6 Å². The lowest BCUT2D eigenvalue weighted by molar-refractivity contribution is -0.116. The molecule has 5 rings (SSSR count). The molecule has 3 aromatic carbocycles. The van der Waals surface area contributed by atoms with E-state index in [1.165, 1.54) is 11.3 Å². The third kappa shape index (κ3) is 2.93. The van der Waals surface area contributed by atoms with Gasteiger partial charge in [-0.05, 0) is 30.7 Å². The van der Waals surface area contributed by atoms with Crippen molar-refractivity contribution in [2.45, 2.75) is 12.8 Å². The Labute approximate surface area is 171 Å². The molecule has 5 nitrogen and oxygen atoms in total. The van der Waals surface area contributed by atoms with Crippen molar-refractivity contribution in [3.05, 3.63) is 77.4 Å². The molecule has 0 bridgehead atoms. The van der Waals surface area contributed by atoms with Crippen LogP contribution < -0.4 is 14.8 Å². The second kappa shape index (κ2) is 6.90. The van der Waals surface area contributed by atoms with Crippen LogP contribution in [0.25, 0.3) is 10.2 Å². The van der Waals surface area contributed by atoms with Crippen LogP contribution in [-0.2, 0) is 4.79 Å². The highest BCUT2D eigenvalue weighted by molar-refractivity contribution is 7.22. The number of carbonyl (C=O) groups excluding carboxylic acids is 1. The highest BCUT2D eigenvalue weighted by atomic mass is 32.1. The average Bonchev–Trinajstić information content (AvgIpc) is 3.16. The number of hydrogen-bond acceptors (Lipinski definition) is 5. The quantitative estimate of drug-likeness (QED) is 0.492. The molecule has 1 N–H and O–H groups in total. The molecule has 0 fully saturated rings. The fraction of sp³-hybridized carbons (Fsp3) is 0.130. The SMILES string of the molecule is COc1ccc(C)c2sc(NC(=O)C3c4ccccc4Oc4ccccc43)nc12. The highest BCUT2D eigenvalue weighted by Crippen LogP contribution is 2.44. The monoisotopic (exact) mass is 402 g/mol. The number of rotatable bonds is 3. The number of fused-ring (bicyclic) bond motifs is 3. The summed E-state index contributed by atoms with van der Waals surface area (Å²) in [6.07, 6.45) is 0. The second-order valence-electron chi connectivity index (χ2n) is 6.88. The van der Waals surface area contributed by atoms with Gasteiger partial charge in [-0.2, -0.15) is 0 Å². The number of aryl methyl sites for hydroxylation is 1. The smallest absolute Gasteiger partial charge is 0.238 e. The number of thiazole rings is 1. The molecule has 0 atom stereocenters. The first-order valence-electron chi connectivity index (χ1n) is 9.26. The van der Waals surface area contributed by atoms with E-state index in [0.717, 1.165) is 26.9 Å². The minimum atomic E-state index is -0.467. The minimum absolute atomic E-state index is 0.135. The molecule has 0 radical (unpaired) electrons. The Bertz CT molecular complexity index is 1200. The van der Waals surface area contributed by atoms with E-state index in [1.807, 2.05) is 67.6 Å². The van der Waals surface area contributed by atoms with Crippen LogP contribution in [0.3, 0.4) is 0 Å². The van der Waals surface area contributed by atoms with Gasteiger partial charge in [-0.25, -0.2) is 4.98 Å². The van der Waals surface area contributed by atoms with E-state index < -0.39 is 5.92 Å². The van der Waals surface area contributed by atoms with E-state index >= 15 is 0 Å². The Morgan fingerprint density at radius 1 is 1.03 bits per heavy atom. The third-order valence-electron chi connectivity index (χ3n) is 5.10. The summed E-state index contributed by atoms with van der Waals surface area (Å²) in [6.45, 7) is 2.02. The molecule has 29 heavy (non-hydrogen) atoms. The summed E-state index contributed by atoms with van der Waals surface area (Å²) in [5, 5.41) is 3.57. The summed E-state index contributed by atoms with van der Waals surface area (Å²) < 4.78 is 12.4. The van der Waals surface area contributed by atoms with Gasteiger partial charge in [0.2, 0.25) is 5.91 Å². The molecular formula is C23H18N2O3S. The molecule has 0 spiro atoms. The largest absolute Gasteiger partial charge is 0.494 e. The van der Waals surface area contributed by atoms with Gasteiger partial charge < -0.3 is 14.8 Å². The molecule has 4 aromatic rings. The summed E-state index contributed by atoms with van der Waals surface area (Å²) in [4.78, 5) is 18.0. The lowest BCUT2D eigenvalue weighted by Crippen LogP contribution is -2.24. The number of amides is 1. The number of anilines is 1. The number of hydrogen-bond donors (Lipinski definition) is 1. The van der Waals surface area contributed by atoms with Gasteiger partial charge >= 0.3 is 0 Å². The Hall–Kier alpha value is -3.38. The highest BCUT2D eigenvalue weighted by Gasteiger charge is 2.33. The number of nitrogens with zero attached hydrogens (tertiary/aromatic N) is 1. The van der Waals surface area contributed by atoms with Crippen molar-refractivity contribution in [3.63, 3.8) is 0 Å². The van der Waals surface area contributed by atoms with Gasteiger partial charge in [0.25, 0.3) is 0 Å². The number of ether oxygens (including phenoxy) is 2. The van der Waals surface area contributed by atoms with Crippen molar-refractivity contribution in [1.82, 2.24) is 4.98 Å². The van der Waals surface area contributed by atoms with E-state index in [-0.39, 0.29) is 5.91 Å². The third-order valence-corrected chi connectivity index (χ3v) is 6.20. The van der Waals surface area contributed by atoms with Crippen molar-refractivity contribution in [1.29, 1.82) is 0 Å². The second-order valence-corrected chi connectivity index (χ2v) is 7.88. The van der Waals surface area contributed by atoms with Crippen LogP contribution >= 0.6 is 11.3 Å². The van der Waals surface area contributed by atoms with Crippen LogP contribution in [0, 0.1) is 6.92 Å². The fourth-order valence-electron chi connectivity index (χ4n) is 3.70. The predicted octanol–water partition coefficient (Wildman–Crippen LogP) is 5.49. The van der Waals surface area contributed by atoms with Gasteiger partial charge in [0.1, 0.15) is 22.8 Å².